The Balaban J connectivity index is 1.29. The van der Waals surface area contributed by atoms with Crippen LogP contribution in [-0.4, -0.2) is 57.0 Å². The molecule has 1 aliphatic rings. The van der Waals surface area contributed by atoms with Crippen molar-refractivity contribution in [1.82, 2.24) is 15.6 Å². The van der Waals surface area contributed by atoms with Gasteiger partial charge in [-0.05, 0) is 43.5 Å². The maximum Gasteiger partial charge on any atom is 0.226 e. The third-order valence-corrected chi connectivity index (χ3v) is 4.63. The number of benzene rings is 1. The lowest BCUT2D eigenvalue weighted by Gasteiger charge is -2.12. The van der Waals surface area contributed by atoms with E-state index in [1.165, 1.54) is 12.1 Å². The average molecular weight is 404 g/mol. The normalized spacial score (nSPS) is 16.9. The second-order valence-electron chi connectivity index (χ2n) is 6.89. The Bertz CT molecular complexity index is 758. The number of oxazole rings is 1. The minimum atomic E-state index is -0.280. The maximum absolute atomic E-state index is 13.0. The van der Waals surface area contributed by atoms with Gasteiger partial charge in [-0.25, -0.2) is 9.37 Å². The van der Waals surface area contributed by atoms with Crippen LogP contribution in [0.2, 0.25) is 0 Å². The monoisotopic (exact) mass is 404 g/mol. The summed E-state index contributed by atoms with van der Waals surface area (Å²) in [5.74, 6) is 0.954. The minimum absolute atomic E-state index is 0.275. The van der Waals surface area contributed by atoms with E-state index < -0.39 is 0 Å². The molecule has 2 aromatic rings. The van der Waals surface area contributed by atoms with Crippen molar-refractivity contribution >= 4 is 5.96 Å². The summed E-state index contributed by atoms with van der Waals surface area (Å²) in [5.41, 5.74) is 1.58. The topological polar surface area (TPSA) is 80.9 Å². The van der Waals surface area contributed by atoms with Gasteiger partial charge >= 0.3 is 0 Å². The van der Waals surface area contributed by atoms with E-state index in [9.17, 15) is 4.39 Å². The highest BCUT2D eigenvalue weighted by Crippen LogP contribution is 2.19. The van der Waals surface area contributed by atoms with Gasteiger partial charge in [0.1, 0.15) is 12.1 Å². The van der Waals surface area contributed by atoms with Crippen LogP contribution in [0.25, 0.3) is 11.5 Å². The molecule has 1 atom stereocenters. The molecule has 0 spiro atoms. The quantitative estimate of drug-likeness (QED) is 0.360. The Morgan fingerprint density at radius 1 is 1.28 bits per heavy atom. The molecule has 29 heavy (non-hydrogen) atoms. The zero-order valence-corrected chi connectivity index (χ0v) is 16.8. The first-order chi connectivity index (χ1) is 14.2. The Labute approximate surface area is 170 Å². The molecule has 1 saturated heterocycles. The van der Waals surface area contributed by atoms with E-state index >= 15 is 0 Å². The molecule has 0 saturated carbocycles. The number of rotatable bonds is 10. The van der Waals surface area contributed by atoms with Gasteiger partial charge in [0.25, 0.3) is 0 Å². The smallest absolute Gasteiger partial charge is 0.226 e. The molecule has 1 fully saturated rings. The van der Waals surface area contributed by atoms with Crippen LogP contribution in [0.1, 0.15) is 25.0 Å². The fourth-order valence-corrected chi connectivity index (χ4v) is 3.05. The van der Waals surface area contributed by atoms with E-state index in [0.29, 0.717) is 32.1 Å². The van der Waals surface area contributed by atoms with Gasteiger partial charge in [0.05, 0.1) is 18.4 Å². The van der Waals surface area contributed by atoms with Gasteiger partial charge in [-0.2, -0.15) is 0 Å². The number of aromatic nitrogens is 1. The molecule has 0 bridgehead atoms. The van der Waals surface area contributed by atoms with Crippen LogP contribution >= 0.6 is 0 Å². The summed E-state index contributed by atoms with van der Waals surface area (Å²) in [5, 5.41) is 6.53. The summed E-state index contributed by atoms with van der Waals surface area (Å²) >= 11 is 0. The van der Waals surface area contributed by atoms with Gasteiger partial charge in [-0.3, -0.25) is 4.99 Å². The number of ether oxygens (including phenoxy) is 2. The van der Waals surface area contributed by atoms with E-state index in [2.05, 4.69) is 20.6 Å². The summed E-state index contributed by atoms with van der Waals surface area (Å²) in [6.07, 6.45) is 5.73. The standard InChI is InChI=1S/C21H29FN4O3/c1-23-21(24-10-3-12-27-15-19-4-2-13-28-19)25-11-9-18-14-29-20(26-18)16-5-7-17(22)8-6-16/h5-8,14,19H,2-4,9-13,15H2,1H3,(H2,23,24,25). The van der Waals surface area contributed by atoms with Crippen molar-refractivity contribution in [2.45, 2.75) is 31.8 Å². The Kier molecular flexibility index (Phi) is 8.45. The van der Waals surface area contributed by atoms with Crippen LogP contribution in [0.15, 0.2) is 39.9 Å². The fourth-order valence-electron chi connectivity index (χ4n) is 3.05. The zero-order valence-electron chi connectivity index (χ0n) is 16.8. The fraction of sp³-hybridized carbons (Fsp3) is 0.524. The SMILES string of the molecule is CN=C(NCCCOCC1CCCO1)NCCc1coc(-c2ccc(F)cc2)n1. The van der Waals surface area contributed by atoms with Crippen LogP contribution < -0.4 is 10.6 Å². The number of aliphatic imine (C=N–C) groups is 1. The minimum Gasteiger partial charge on any atom is -0.444 e. The number of nitrogens with zero attached hydrogens (tertiary/aromatic N) is 2. The van der Waals surface area contributed by atoms with Crippen molar-refractivity contribution < 1.29 is 18.3 Å². The number of hydrogen-bond acceptors (Lipinski definition) is 5. The third-order valence-electron chi connectivity index (χ3n) is 4.63. The lowest BCUT2D eigenvalue weighted by Crippen LogP contribution is -2.39. The highest BCUT2D eigenvalue weighted by atomic mass is 19.1. The molecule has 158 valence electrons. The Morgan fingerprint density at radius 2 is 2.10 bits per heavy atom. The molecule has 2 heterocycles. The van der Waals surface area contributed by atoms with Gasteiger partial charge < -0.3 is 24.5 Å². The summed E-state index contributed by atoms with van der Waals surface area (Å²) in [4.78, 5) is 8.66. The van der Waals surface area contributed by atoms with Gasteiger partial charge in [-0.1, -0.05) is 0 Å². The van der Waals surface area contributed by atoms with Crippen molar-refractivity contribution in [2.24, 2.45) is 4.99 Å². The van der Waals surface area contributed by atoms with Crippen molar-refractivity contribution in [3.63, 3.8) is 0 Å². The van der Waals surface area contributed by atoms with Crippen LogP contribution in [0.4, 0.5) is 4.39 Å². The number of halogens is 1. The second-order valence-corrected chi connectivity index (χ2v) is 6.89. The van der Waals surface area contributed by atoms with E-state index in [1.807, 2.05) is 0 Å². The van der Waals surface area contributed by atoms with Crippen LogP contribution in [0.3, 0.4) is 0 Å². The van der Waals surface area contributed by atoms with E-state index in [4.69, 9.17) is 13.9 Å². The van der Waals surface area contributed by atoms with Crippen LogP contribution in [0.5, 0.6) is 0 Å². The highest BCUT2D eigenvalue weighted by Gasteiger charge is 2.14. The van der Waals surface area contributed by atoms with Crippen LogP contribution in [0, 0.1) is 5.82 Å². The van der Waals surface area contributed by atoms with E-state index in [-0.39, 0.29) is 11.9 Å². The molecular formula is C21H29FN4O3. The van der Waals surface area contributed by atoms with Crippen molar-refractivity contribution in [1.29, 1.82) is 0 Å². The first-order valence-corrected chi connectivity index (χ1v) is 10.1. The van der Waals surface area contributed by atoms with Gasteiger partial charge in [-0.15, -0.1) is 0 Å². The molecule has 2 N–H and O–H groups in total. The second kappa shape index (κ2) is 11.5. The summed E-state index contributed by atoms with van der Waals surface area (Å²) in [7, 11) is 1.74. The highest BCUT2D eigenvalue weighted by molar-refractivity contribution is 5.79. The third kappa shape index (κ3) is 7.14. The molecule has 8 heteroatoms. The summed E-state index contributed by atoms with van der Waals surface area (Å²) in [6.45, 7) is 3.70. The molecular weight excluding hydrogens is 375 g/mol. The Hall–Kier alpha value is -2.45. The van der Waals surface area contributed by atoms with Crippen molar-refractivity contribution in [3.05, 3.63) is 42.0 Å². The van der Waals surface area contributed by atoms with Gasteiger partial charge in [0, 0.05) is 45.3 Å². The Morgan fingerprint density at radius 3 is 2.86 bits per heavy atom. The molecule has 3 rings (SSSR count). The molecule has 1 aliphatic heterocycles. The zero-order chi connectivity index (χ0) is 20.3. The molecule has 0 aliphatic carbocycles. The molecule has 1 aromatic carbocycles. The van der Waals surface area contributed by atoms with Crippen molar-refractivity contribution in [2.75, 3.05) is 40.0 Å². The van der Waals surface area contributed by atoms with Crippen molar-refractivity contribution in [3.8, 4) is 11.5 Å². The van der Waals surface area contributed by atoms with Gasteiger partial charge in [0.15, 0.2) is 5.96 Å². The van der Waals surface area contributed by atoms with Gasteiger partial charge in [0.2, 0.25) is 5.89 Å². The predicted molar refractivity (Wildman–Crippen MR) is 109 cm³/mol. The number of nitrogens with one attached hydrogen (secondary N) is 2. The molecule has 1 aromatic heterocycles. The average Bonchev–Trinajstić information content (AvgIpc) is 3.42. The molecule has 0 amide bonds. The maximum atomic E-state index is 13.0. The number of guanidine groups is 1. The first kappa shape index (κ1) is 21.3. The molecule has 1 unspecified atom stereocenters. The summed E-state index contributed by atoms with van der Waals surface area (Å²) < 4.78 is 29.7. The lowest BCUT2D eigenvalue weighted by molar-refractivity contribution is 0.0168. The van der Waals surface area contributed by atoms with Crippen LogP contribution in [-0.2, 0) is 15.9 Å². The van der Waals surface area contributed by atoms with E-state index in [0.717, 1.165) is 49.6 Å². The molecule has 0 radical (unpaired) electrons. The largest absolute Gasteiger partial charge is 0.444 e. The first-order valence-electron chi connectivity index (χ1n) is 10.1. The lowest BCUT2D eigenvalue weighted by atomic mass is 10.2. The summed E-state index contributed by atoms with van der Waals surface area (Å²) in [6, 6.07) is 6.09. The predicted octanol–water partition coefficient (Wildman–Crippen LogP) is 2.77. The van der Waals surface area contributed by atoms with E-state index in [1.54, 1.807) is 25.4 Å². The molecule has 7 nitrogen and oxygen atoms in total. The number of hydrogen-bond donors (Lipinski definition) is 2.